The van der Waals surface area contributed by atoms with E-state index >= 15 is 0 Å². The Balaban J connectivity index is 1.82. The monoisotopic (exact) mass is 323 g/mol. The van der Waals surface area contributed by atoms with E-state index in [0.29, 0.717) is 0 Å². The van der Waals surface area contributed by atoms with E-state index in [-0.39, 0.29) is 0 Å². The molecule has 0 N–H and O–H groups in total. The molecule has 0 fully saturated rings. The SMILES string of the molecule is CCN1C(=Cc2sc3ccccc3[n+]2CC)Oc2ccccc21. The molecule has 0 spiro atoms. The summed E-state index contributed by atoms with van der Waals surface area (Å²) in [7, 11) is 0. The average Bonchev–Trinajstić information content (AvgIpc) is 3.11. The molecule has 0 saturated carbocycles. The molecule has 0 unspecified atom stereocenters. The van der Waals surface area contributed by atoms with Crippen LogP contribution in [-0.4, -0.2) is 6.54 Å². The van der Waals surface area contributed by atoms with E-state index < -0.39 is 0 Å². The van der Waals surface area contributed by atoms with Crippen LogP contribution in [0.1, 0.15) is 18.9 Å². The molecule has 0 amide bonds. The Kier molecular flexibility index (Phi) is 3.54. The van der Waals surface area contributed by atoms with Crippen LogP contribution in [0.15, 0.2) is 54.4 Å². The summed E-state index contributed by atoms with van der Waals surface area (Å²) in [5.41, 5.74) is 2.43. The predicted molar refractivity (Wildman–Crippen MR) is 95.8 cm³/mol. The van der Waals surface area contributed by atoms with Gasteiger partial charge in [-0.1, -0.05) is 35.6 Å². The summed E-state index contributed by atoms with van der Waals surface area (Å²) in [4.78, 5) is 2.22. The Bertz CT molecular complexity index is 897. The van der Waals surface area contributed by atoms with E-state index in [1.165, 1.54) is 15.2 Å². The van der Waals surface area contributed by atoms with Gasteiger partial charge in [-0.2, -0.15) is 4.57 Å². The van der Waals surface area contributed by atoms with Crippen molar-refractivity contribution in [2.24, 2.45) is 0 Å². The van der Waals surface area contributed by atoms with Gasteiger partial charge in [0, 0.05) is 12.6 Å². The number of hydrogen-bond acceptors (Lipinski definition) is 3. The van der Waals surface area contributed by atoms with Gasteiger partial charge in [-0.25, -0.2) is 0 Å². The molecule has 1 aliphatic rings. The summed E-state index contributed by atoms with van der Waals surface area (Å²) in [6.45, 7) is 6.17. The van der Waals surface area contributed by atoms with Crippen molar-refractivity contribution in [1.82, 2.24) is 0 Å². The van der Waals surface area contributed by atoms with Crippen molar-refractivity contribution < 1.29 is 9.30 Å². The Morgan fingerprint density at radius 1 is 1.09 bits per heavy atom. The van der Waals surface area contributed by atoms with Crippen molar-refractivity contribution in [2.45, 2.75) is 20.4 Å². The van der Waals surface area contributed by atoms with Crippen LogP contribution in [0.3, 0.4) is 0 Å². The summed E-state index contributed by atoms with van der Waals surface area (Å²) >= 11 is 1.81. The first-order valence-electron chi connectivity index (χ1n) is 7.99. The third-order valence-electron chi connectivity index (χ3n) is 4.15. The second-order valence-corrected chi connectivity index (χ2v) is 6.51. The number of benzene rings is 2. The summed E-state index contributed by atoms with van der Waals surface area (Å²) in [6.07, 6.45) is 2.16. The van der Waals surface area contributed by atoms with Gasteiger partial charge in [-0.15, -0.1) is 0 Å². The van der Waals surface area contributed by atoms with Gasteiger partial charge in [-0.3, -0.25) is 0 Å². The first-order chi connectivity index (χ1) is 11.3. The van der Waals surface area contributed by atoms with E-state index in [1.54, 1.807) is 11.3 Å². The summed E-state index contributed by atoms with van der Waals surface area (Å²) in [5, 5.41) is 1.22. The number of anilines is 1. The fraction of sp³-hybridized carbons (Fsp3) is 0.211. The highest BCUT2D eigenvalue weighted by Gasteiger charge is 2.27. The zero-order valence-electron chi connectivity index (χ0n) is 13.3. The topological polar surface area (TPSA) is 16.4 Å². The molecular formula is C19H19N2OS+. The average molecular weight is 323 g/mol. The van der Waals surface area contributed by atoms with Gasteiger partial charge in [0.15, 0.2) is 5.75 Å². The van der Waals surface area contributed by atoms with Crippen LogP contribution in [0.5, 0.6) is 5.75 Å². The van der Waals surface area contributed by atoms with Crippen LogP contribution in [0.4, 0.5) is 5.69 Å². The molecule has 116 valence electrons. The van der Waals surface area contributed by atoms with E-state index in [2.05, 4.69) is 65.8 Å². The third kappa shape index (κ3) is 2.30. The zero-order valence-corrected chi connectivity index (χ0v) is 14.1. The maximum absolute atomic E-state index is 6.09. The van der Waals surface area contributed by atoms with E-state index in [1.807, 2.05) is 12.1 Å². The molecular weight excluding hydrogens is 304 g/mol. The minimum absolute atomic E-state index is 0.889. The van der Waals surface area contributed by atoms with Crippen LogP contribution in [0.25, 0.3) is 16.3 Å². The second kappa shape index (κ2) is 5.70. The molecule has 1 aliphatic heterocycles. The molecule has 2 aromatic carbocycles. The smallest absolute Gasteiger partial charge is 0.268 e. The second-order valence-electron chi connectivity index (χ2n) is 5.45. The first-order valence-corrected chi connectivity index (χ1v) is 8.81. The molecule has 3 nitrogen and oxygen atoms in total. The Morgan fingerprint density at radius 3 is 2.70 bits per heavy atom. The van der Waals surface area contributed by atoms with Crippen LogP contribution in [-0.2, 0) is 6.54 Å². The van der Waals surface area contributed by atoms with Crippen LogP contribution >= 0.6 is 11.3 Å². The largest absolute Gasteiger partial charge is 0.438 e. The van der Waals surface area contributed by atoms with Gasteiger partial charge < -0.3 is 9.64 Å². The Hall–Kier alpha value is -2.33. The van der Waals surface area contributed by atoms with E-state index in [0.717, 1.165) is 30.4 Å². The molecule has 3 aromatic rings. The van der Waals surface area contributed by atoms with Crippen LogP contribution < -0.4 is 14.2 Å². The number of thiazole rings is 1. The summed E-state index contributed by atoms with van der Waals surface area (Å²) in [6, 6.07) is 16.8. The normalized spacial score (nSPS) is 15.2. The number of rotatable bonds is 3. The van der Waals surface area contributed by atoms with Crippen LogP contribution in [0.2, 0.25) is 0 Å². The maximum Gasteiger partial charge on any atom is 0.268 e. The Morgan fingerprint density at radius 2 is 1.87 bits per heavy atom. The summed E-state index contributed by atoms with van der Waals surface area (Å²) < 4.78 is 9.74. The molecule has 23 heavy (non-hydrogen) atoms. The van der Waals surface area contributed by atoms with Gasteiger partial charge in [0.2, 0.25) is 11.4 Å². The number of hydrogen-bond donors (Lipinski definition) is 0. The van der Waals surface area contributed by atoms with Gasteiger partial charge in [0.25, 0.3) is 5.01 Å². The molecule has 2 heterocycles. The number of aryl methyl sites for hydroxylation is 1. The molecule has 0 saturated heterocycles. The molecule has 0 radical (unpaired) electrons. The minimum atomic E-state index is 0.889. The van der Waals surface area contributed by atoms with Gasteiger partial charge in [0.05, 0.1) is 11.8 Å². The zero-order chi connectivity index (χ0) is 15.8. The summed E-state index contributed by atoms with van der Waals surface area (Å²) in [5.74, 6) is 1.84. The third-order valence-corrected chi connectivity index (χ3v) is 5.27. The highest BCUT2D eigenvalue weighted by Crippen LogP contribution is 2.39. The molecule has 1 aromatic heterocycles. The van der Waals surface area contributed by atoms with Crippen molar-refractivity contribution in [3.05, 3.63) is 59.4 Å². The highest BCUT2D eigenvalue weighted by atomic mass is 32.1. The lowest BCUT2D eigenvalue weighted by molar-refractivity contribution is -0.665. The van der Waals surface area contributed by atoms with Crippen LogP contribution in [0, 0.1) is 0 Å². The van der Waals surface area contributed by atoms with Crippen molar-refractivity contribution in [1.29, 1.82) is 0 Å². The fourth-order valence-corrected chi connectivity index (χ4v) is 4.23. The van der Waals surface area contributed by atoms with Crippen molar-refractivity contribution in [3.8, 4) is 5.75 Å². The quantitative estimate of drug-likeness (QED) is 0.663. The Labute approximate surface area is 140 Å². The van der Waals surface area contributed by atoms with Gasteiger partial charge in [-0.05, 0) is 32.0 Å². The van der Waals surface area contributed by atoms with Crippen molar-refractivity contribution >= 4 is 33.3 Å². The number of aromatic nitrogens is 1. The minimum Gasteiger partial charge on any atom is -0.438 e. The molecule has 4 rings (SSSR count). The standard InChI is InChI=1S/C19H19N2OS/c1-3-20-14-9-5-7-11-16(14)22-18(20)13-19-21(4-2)15-10-6-8-12-17(15)23-19/h5-13H,3-4H2,1-2H3/q+1. The van der Waals surface area contributed by atoms with Crippen molar-refractivity contribution in [2.75, 3.05) is 11.4 Å². The number of ether oxygens (including phenoxy) is 1. The number of fused-ring (bicyclic) bond motifs is 2. The molecule has 0 atom stereocenters. The number of nitrogens with zero attached hydrogens (tertiary/aromatic N) is 2. The lowest BCUT2D eigenvalue weighted by Crippen LogP contribution is -2.34. The fourth-order valence-electron chi connectivity index (χ4n) is 3.08. The molecule has 0 aliphatic carbocycles. The van der Waals surface area contributed by atoms with E-state index in [9.17, 15) is 0 Å². The maximum atomic E-state index is 6.09. The first kappa shape index (κ1) is 14.3. The lowest BCUT2D eigenvalue weighted by Gasteiger charge is -2.14. The van der Waals surface area contributed by atoms with Gasteiger partial charge in [0.1, 0.15) is 11.2 Å². The lowest BCUT2D eigenvalue weighted by atomic mass is 10.3. The van der Waals surface area contributed by atoms with Crippen molar-refractivity contribution in [3.63, 3.8) is 0 Å². The van der Waals surface area contributed by atoms with Gasteiger partial charge >= 0.3 is 0 Å². The molecule has 4 heteroatoms. The molecule has 0 bridgehead atoms. The number of para-hydroxylation sites is 3. The van der Waals surface area contributed by atoms with E-state index in [4.69, 9.17) is 4.74 Å². The highest BCUT2D eigenvalue weighted by molar-refractivity contribution is 7.18. The predicted octanol–water partition coefficient (Wildman–Crippen LogP) is 4.43.